The van der Waals surface area contributed by atoms with Gasteiger partial charge in [-0.05, 0) is 37.7 Å². The zero-order valence-corrected chi connectivity index (χ0v) is 23.1. The average Bonchev–Trinajstić information content (AvgIpc) is 2.85. The van der Waals surface area contributed by atoms with E-state index in [1.807, 2.05) is 51.1 Å². The maximum atomic E-state index is 13.3. The molecule has 0 heterocycles. The van der Waals surface area contributed by atoms with E-state index in [2.05, 4.69) is 16.0 Å². The fourth-order valence-electron chi connectivity index (χ4n) is 3.92. The van der Waals surface area contributed by atoms with Crippen LogP contribution in [0, 0.1) is 11.8 Å². The molecule has 38 heavy (non-hydrogen) atoms. The number of carbonyl (C=O) groups excluding carboxylic acids is 6. The van der Waals surface area contributed by atoms with Gasteiger partial charge in [-0.2, -0.15) is 0 Å². The Morgan fingerprint density at radius 2 is 1.58 bits per heavy atom. The van der Waals surface area contributed by atoms with Gasteiger partial charge in [-0.1, -0.05) is 57.5 Å². The molecule has 9 heteroatoms. The fraction of sp³-hybridized carbons (Fsp3) is 0.586. The molecule has 0 aliphatic rings. The fourth-order valence-corrected chi connectivity index (χ4v) is 3.92. The molecule has 0 saturated carbocycles. The summed E-state index contributed by atoms with van der Waals surface area (Å²) in [5.74, 6) is -2.69. The Kier molecular flexibility index (Phi) is 15.5. The average molecular weight is 530 g/mol. The van der Waals surface area contributed by atoms with Crippen LogP contribution in [0.3, 0.4) is 0 Å². The van der Waals surface area contributed by atoms with E-state index in [1.54, 1.807) is 0 Å². The van der Waals surface area contributed by atoms with E-state index in [-0.39, 0.29) is 67.8 Å². The predicted octanol–water partition coefficient (Wildman–Crippen LogP) is 2.70. The van der Waals surface area contributed by atoms with Crippen LogP contribution in [0.5, 0.6) is 0 Å². The van der Waals surface area contributed by atoms with E-state index >= 15 is 0 Å². The van der Waals surface area contributed by atoms with Gasteiger partial charge in [-0.3, -0.25) is 28.8 Å². The molecule has 0 fully saturated rings. The topological polar surface area (TPSA) is 139 Å². The Morgan fingerprint density at radius 1 is 0.895 bits per heavy atom. The van der Waals surface area contributed by atoms with Crippen molar-refractivity contribution < 1.29 is 28.8 Å². The number of hydrogen-bond acceptors (Lipinski definition) is 6. The number of carbonyl (C=O) groups is 6. The van der Waals surface area contributed by atoms with Crippen molar-refractivity contribution in [3.63, 3.8) is 0 Å². The number of ketones is 3. The molecule has 0 spiro atoms. The molecule has 9 nitrogen and oxygen atoms in total. The number of unbranched alkanes of at least 4 members (excludes halogenated alkanes) is 1. The van der Waals surface area contributed by atoms with Crippen LogP contribution < -0.4 is 16.0 Å². The van der Waals surface area contributed by atoms with Crippen molar-refractivity contribution in [2.45, 2.75) is 85.1 Å². The summed E-state index contributed by atoms with van der Waals surface area (Å²) in [6.07, 6.45) is 2.14. The van der Waals surface area contributed by atoms with Crippen molar-refractivity contribution in [2.24, 2.45) is 11.8 Å². The summed E-state index contributed by atoms with van der Waals surface area (Å²) in [5.41, 5.74) is 0.858. The second kappa shape index (κ2) is 18.0. The SMILES string of the molecule is CCCCNC(=O)CCC(=O)C(CC(C)C)NC(=O)C(CC(=O)CNC(=O)CC(C)=O)Cc1ccccc1. The number of rotatable bonds is 19. The van der Waals surface area contributed by atoms with Crippen molar-refractivity contribution in [2.75, 3.05) is 13.1 Å². The lowest BCUT2D eigenvalue weighted by Gasteiger charge is -2.23. The zero-order valence-electron chi connectivity index (χ0n) is 23.1. The first-order valence-corrected chi connectivity index (χ1v) is 13.4. The molecule has 3 N–H and O–H groups in total. The number of amides is 3. The van der Waals surface area contributed by atoms with Crippen LogP contribution in [0.2, 0.25) is 0 Å². The predicted molar refractivity (Wildman–Crippen MR) is 145 cm³/mol. The molecule has 2 atom stereocenters. The van der Waals surface area contributed by atoms with Gasteiger partial charge >= 0.3 is 0 Å². The lowest BCUT2D eigenvalue weighted by Crippen LogP contribution is -2.46. The van der Waals surface area contributed by atoms with Crippen molar-refractivity contribution in [1.82, 2.24) is 16.0 Å². The highest BCUT2D eigenvalue weighted by Gasteiger charge is 2.28. The minimum atomic E-state index is -0.769. The highest BCUT2D eigenvalue weighted by atomic mass is 16.2. The van der Waals surface area contributed by atoms with Crippen molar-refractivity contribution >= 4 is 35.1 Å². The van der Waals surface area contributed by atoms with Gasteiger partial charge in [0, 0.05) is 31.7 Å². The van der Waals surface area contributed by atoms with Gasteiger partial charge in [-0.25, -0.2) is 0 Å². The van der Waals surface area contributed by atoms with Gasteiger partial charge in [0.25, 0.3) is 0 Å². The standard InChI is InChI=1S/C29H43N3O6/c1-5-6-14-30-27(36)13-12-26(35)25(15-20(2)3)32-29(38)23(17-22-10-8-7-9-11-22)18-24(34)19-31-28(37)16-21(4)33/h7-11,20,23,25H,5-6,12-19H2,1-4H3,(H,30,36)(H,31,37)(H,32,38). The maximum Gasteiger partial charge on any atom is 0.227 e. The van der Waals surface area contributed by atoms with Gasteiger partial charge in [0.1, 0.15) is 5.78 Å². The van der Waals surface area contributed by atoms with Gasteiger partial charge in [0.2, 0.25) is 17.7 Å². The van der Waals surface area contributed by atoms with Crippen molar-refractivity contribution in [3.8, 4) is 0 Å². The van der Waals surface area contributed by atoms with E-state index in [1.165, 1.54) is 6.92 Å². The Balaban J connectivity index is 2.89. The second-order valence-corrected chi connectivity index (χ2v) is 10.1. The van der Waals surface area contributed by atoms with E-state index in [9.17, 15) is 28.8 Å². The lowest BCUT2D eigenvalue weighted by molar-refractivity contribution is -0.133. The molecule has 0 aliphatic heterocycles. The molecule has 1 aromatic carbocycles. The van der Waals surface area contributed by atoms with Crippen LogP contribution in [-0.2, 0) is 35.2 Å². The Morgan fingerprint density at radius 3 is 2.18 bits per heavy atom. The summed E-state index contributed by atoms with van der Waals surface area (Å²) < 4.78 is 0. The van der Waals surface area contributed by atoms with Crippen LogP contribution >= 0.6 is 0 Å². The van der Waals surface area contributed by atoms with Gasteiger partial charge in [0.15, 0.2) is 11.6 Å². The molecular weight excluding hydrogens is 486 g/mol. The van der Waals surface area contributed by atoms with Gasteiger partial charge in [-0.15, -0.1) is 0 Å². The molecule has 0 radical (unpaired) electrons. The highest BCUT2D eigenvalue weighted by molar-refractivity contribution is 5.98. The number of hydrogen-bond donors (Lipinski definition) is 3. The van der Waals surface area contributed by atoms with Crippen molar-refractivity contribution in [3.05, 3.63) is 35.9 Å². The smallest absolute Gasteiger partial charge is 0.227 e. The summed E-state index contributed by atoms with van der Waals surface area (Å²) in [6.45, 7) is 7.48. The minimum Gasteiger partial charge on any atom is -0.356 e. The highest BCUT2D eigenvalue weighted by Crippen LogP contribution is 2.16. The van der Waals surface area contributed by atoms with E-state index in [0.717, 1.165) is 18.4 Å². The summed E-state index contributed by atoms with van der Waals surface area (Å²) >= 11 is 0. The third kappa shape index (κ3) is 14.4. The second-order valence-electron chi connectivity index (χ2n) is 10.1. The molecule has 0 bridgehead atoms. The molecule has 0 aromatic heterocycles. The molecule has 1 rings (SSSR count). The van der Waals surface area contributed by atoms with Gasteiger partial charge in [0.05, 0.1) is 19.0 Å². The first-order chi connectivity index (χ1) is 18.0. The molecule has 0 aliphatic carbocycles. The first-order valence-electron chi connectivity index (χ1n) is 13.4. The van der Waals surface area contributed by atoms with E-state index in [0.29, 0.717) is 13.0 Å². The third-order valence-electron chi connectivity index (χ3n) is 5.93. The van der Waals surface area contributed by atoms with Crippen LogP contribution in [0.4, 0.5) is 0 Å². The van der Waals surface area contributed by atoms with Crippen LogP contribution in [0.25, 0.3) is 0 Å². The monoisotopic (exact) mass is 529 g/mol. The normalized spacial score (nSPS) is 12.3. The first kappa shape index (κ1) is 32.7. The third-order valence-corrected chi connectivity index (χ3v) is 5.93. The minimum absolute atomic E-state index is 0.0140. The largest absolute Gasteiger partial charge is 0.356 e. The lowest BCUT2D eigenvalue weighted by atomic mass is 9.91. The van der Waals surface area contributed by atoms with E-state index < -0.39 is 23.8 Å². The summed E-state index contributed by atoms with van der Waals surface area (Å²) in [4.78, 5) is 73.9. The molecule has 0 saturated heterocycles. The van der Waals surface area contributed by atoms with Gasteiger partial charge < -0.3 is 16.0 Å². The Hall–Kier alpha value is -3.36. The molecular formula is C29H43N3O6. The van der Waals surface area contributed by atoms with Crippen LogP contribution in [-0.4, -0.2) is 54.2 Å². The Labute approximate surface area is 225 Å². The Bertz CT molecular complexity index is 945. The zero-order chi connectivity index (χ0) is 28.5. The number of Topliss-reactive ketones (excluding diaryl/α,β-unsaturated/α-hetero) is 3. The summed E-state index contributed by atoms with van der Waals surface area (Å²) in [7, 11) is 0. The summed E-state index contributed by atoms with van der Waals surface area (Å²) in [5, 5.41) is 8.05. The molecule has 1 aromatic rings. The molecule has 2 unspecified atom stereocenters. The molecule has 210 valence electrons. The molecule has 3 amide bonds. The van der Waals surface area contributed by atoms with Crippen molar-refractivity contribution in [1.29, 1.82) is 0 Å². The van der Waals surface area contributed by atoms with Crippen LogP contribution in [0.15, 0.2) is 30.3 Å². The van der Waals surface area contributed by atoms with Crippen LogP contribution in [0.1, 0.15) is 78.2 Å². The maximum absolute atomic E-state index is 13.3. The quantitative estimate of drug-likeness (QED) is 0.186. The number of nitrogens with one attached hydrogen (secondary N) is 3. The summed E-state index contributed by atoms with van der Waals surface area (Å²) in [6, 6.07) is 8.47. The number of benzene rings is 1. The van der Waals surface area contributed by atoms with E-state index in [4.69, 9.17) is 0 Å².